The Morgan fingerprint density at radius 2 is 1.09 bits per heavy atom. The molecule has 0 radical (unpaired) electrons. The number of carbonyl (C=O) groups excluding carboxylic acids is 2. The van der Waals surface area contributed by atoms with E-state index in [1.54, 1.807) is 58.3 Å². The number of Topliss-reactive ketones (excluding diaryl/α,β-unsaturated/α-hetero) is 2. The molecule has 4 aliphatic carbocycles. The molecule has 4 heterocycles. The van der Waals surface area contributed by atoms with Crippen LogP contribution in [0.5, 0.6) is 0 Å². The van der Waals surface area contributed by atoms with Gasteiger partial charge >= 0.3 is 0 Å². The van der Waals surface area contributed by atoms with Gasteiger partial charge in [0.15, 0.2) is 34.8 Å². The second kappa shape index (κ2) is 12.9. The van der Waals surface area contributed by atoms with Gasteiger partial charge in [-0.05, 0) is 83.7 Å². The number of ketones is 2. The Hall–Kier alpha value is -6.26. The first-order chi connectivity index (χ1) is 28.0. The Morgan fingerprint density at radius 3 is 1.64 bits per heavy atom. The van der Waals surface area contributed by atoms with Crippen LogP contribution in [0.2, 0.25) is 0 Å². The number of hydrogen-bond acceptors (Lipinski definition) is 10. The molecule has 0 bridgehead atoms. The van der Waals surface area contributed by atoms with Gasteiger partial charge in [-0.3, -0.25) is 9.59 Å². The van der Waals surface area contributed by atoms with Crippen molar-refractivity contribution in [1.29, 1.82) is 21.0 Å². The first kappa shape index (κ1) is 36.1. The van der Waals surface area contributed by atoms with Crippen molar-refractivity contribution in [3.63, 3.8) is 0 Å². The zero-order valence-electron chi connectivity index (χ0n) is 29.4. The highest BCUT2D eigenvalue weighted by Crippen LogP contribution is 2.61. The number of allylic oxidation sites excluding steroid dienone is 8. The van der Waals surface area contributed by atoms with E-state index in [-0.39, 0.29) is 55.7 Å². The molecular weight excluding hydrogens is 821 g/mol. The Balaban J connectivity index is 1.10. The predicted octanol–water partition coefficient (Wildman–Crippen LogP) is 12.3. The molecule has 0 N–H and O–H groups in total. The highest BCUT2D eigenvalue weighted by molar-refractivity contribution is 7.44. The van der Waals surface area contributed by atoms with Crippen molar-refractivity contribution in [2.45, 2.75) is 37.5 Å². The number of hydrogen-bond donors (Lipinski definition) is 0. The van der Waals surface area contributed by atoms with E-state index in [4.69, 9.17) is 0 Å². The van der Waals surface area contributed by atoms with Crippen molar-refractivity contribution >= 4 is 108 Å². The molecule has 58 heavy (non-hydrogen) atoms. The van der Waals surface area contributed by atoms with Crippen molar-refractivity contribution < 1.29 is 27.2 Å². The summed E-state index contributed by atoms with van der Waals surface area (Å²) in [5, 5.41) is 39.2. The summed E-state index contributed by atoms with van der Waals surface area (Å²) >= 11 is 6.34. The third-order valence-corrected chi connectivity index (χ3v) is 16.7. The van der Waals surface area contributed by atoms with Gasteiger partial charge in [-0.2, -0.15) is 21.0 Å². The van der Waals surface area contributed by atoms with Gasteiger partial charge in [0.25, 0.3) is 0 Å². The molecule has 4 aromatic heterocycles. The van der Waals surface area contributed by atoms with Crippen LogP contribution in [0.15, 0.2) is 64.3 Å². The van der Waals surface area contributed by atoms with E-state index < -0.39 is 40.3 Å². The lowest BCUT2D eigenvalue weighted by Gasteiger charge is -2.36. The highest BCUT2D eigenvalue weighted by atomic mass is 32.1. The maximum absolute atomic E-state index is 14.5. The number of rotatable bonds is 2. The van der Waals surface area contributed by atoms with Gasteiger partial charge in [-0.15, -0.1) is 45.3 Å². The van der Waals surface area contributed by atoms with Gasteiger partial charge in [-0.25, -0.2) is 17.6 Å². The van der Waals surface area contributed by atoms with Crippen molar-refractivity contribution in [1.82, 2.24) is 0 Å². The van der Waals surface area contributed by atoms with Crippen molar-refractivity contribution in [2.24, 2.45) is 0 Å². The van der Waals surface area contributed by atoms with Crippen molar-refractivity contribution in [2.75, 3.05) is 0 Å². The molecule has 278 valence electrons. The number of nitrogens with zero attached hydrogens (tertiary/aromatic N) is 4. The Morgan fingerprint density at radius 1 is 0.586 bits per heavy atom. The van der Waals surface area contributed by atoms with Crippen LogP contribution in [-0.4, -0.2) is 11.6 Å². The summed E-state index contributed by atoms with van der Waals surface area (Å²) in [6.45, 7) is 0. The first-order valence-corrected chi connectivity index (χ1v) is 21.0. The summed E-state index contributed by atoms with van der Waals surface area (Å²) in [7, 11) is 0. The topological polar surface area (TPSA) is 129 Å². The van der Waals surface area contributed by atoms with E-state index in [1.807, 2.05) is 18.2 Å². The largest absolute Gasteiger partial charge is 0.289 e. The van der Waals surface area contributed by atoms with Gasteiger partial charge in [0.2, 0.25) is 0 Å². The molecule has 2 aromatic carbocycles. The maximum Gasteiger partial charge on any atom is 0.194 e. The van der Waals surface area contributed by atoms with Crippen molar-refractivity contribution in [3.05, 3.63) is 125 Å². The average Bonchev–Trinajstić information content (AvgIpc) is 4.06. The van der Waals surface area contributed by atoms with Crippen LogP contribution in [0.4, 0.5) is 17.6 Å². The summed E-state index contributed by atoms with van der Waals surface area (Å²) in [6.07, 6.45) is 9.82. The van der Waals surface area contributed by atoms with Crippen LogP contribution >= 0.6 is 45.3 Å². The molecule has 0 aliphatic heterocycles. The molecule has 10 rings (SSSR count). The normalized spacial score (nSPS) is 17.9. The molecule has 1 saturated carbocycles. The molecule has 6 nitrogen and oxygen atoms in total. The third-order valence-electron chi connectivity index (χ3n) is 11.4. The predicted molar refractivity (Wildman–Crippen MR) is 217 cm³/mol. The average molecular weight is 839 g/mol. The van der Waals surface area contributed by atoms with E-state index in [0.29, 0.717) is 4.88 Å². The van der Waals surface area contributed by atoms with Crippen LogP contribution in [0.1, 0.15) is 79.3 Å². The van der Waals surface area contributed by atoms with Gasteiger partial charge in [0.05, 0.1) is 23.5 Å². The first-order valence-electron chi connectivity index (χ1n) is 17.8. The quantitative estimate of drug-likeness (QED) is 0.0970. The summed E-state index contributed by atoms with van der Waals surface area (Å²) in [4.78, 5) is 29.1. The standard InChI is InChI=1S/C44H18F4N4O2S4/c45-28-10-22-24(12-30(28)47)37(53)26(34(22)18(14-49)15-50)6-20-7-32-36(44(20)4-2-1-3-5-44)40-42(56-32)43-41(58-40)39-33(57-43)9-21(55-39)8-27-35(19(16-51)17-52)23-11-29(46)31(48)13-25(23)38(27)54/h6-13H,1-5H2/b26-6-,27-8+. The molecule has 0 amide bonds. The summed E-state index contributed by atoms with van der Waals surface area (Å²) in [6, 6.07) is 12.5. The van der Waals surface area contributed by atoms with Crippen LogP contribution in [-0.2, 0) is 5.41 Å². The highest BCUT2D eigenvalue weighted by Gasteiger charge is 2.46. The Bertz CT molecular complexity index is 3320. The Kier molecular flexibility index (Phi) is 8.02. The minimum absolute atomic E-state index is 0.000234. The van der Waals surface area contributed by atoms with Crippen LogP contribution in [0.25, 0.3) is 51.5 Å². The minimum Gasteiger partial charge on any atom is -0.289 e. The lowest BCUT2D eigenvalue weighted by Crippen LogP contribution is -2.28. The minimum atomic E-state index is -1.21. The zero-order chi connectivity index (χ0) is 40.4. The number of nitriles is 4. The molecule has 1 spiro atoms. The SMILES string of the molecule is N#CC(C#N)=C1/C(=C/C2=Cc3sc4c(sc5c6sc(/C=C7/C(=O)c8cc(F)c(F)cc8C7=C(C#N)C#N)cc6sc45)c3C23CCCCC3)C(=O)c2cc(F)c(F)cc21. The molecule has 4 aliphatic rings. The summed E-state index contributed by atoms with van der Waals surface area (Å²) in [5.41, 5.74) is 0.614. The molecule has 0 saturated heterocycles. The van der Waals surface area contributed by atoms with E-state index in [1.165, 1.54) is 11.3 Å². The van der Waals surface area contributed by atoms with Gasteiger partial charge in [-0.1, -0.05) is 19.3 Å². The Labute approximate surface area is 341 Å². The van der Waals surface area contributed by atoms with Gasteiger partial charge in [0.1, 0.15) is 35.4 Å². The molecule has 0 unspecified atom stereocenters. The monoisotopic (exact) mass is 838 g/mol. The number of benzene rings is 2. The van der Waals surface area contributed by atoms with E-state index >= 15 is 0 Å². The van der Waals surface area contributed by atoms with Crippen molar-refractivity contribution in [3.8, 4) is 24.3 Å². The second-order valence-corrected chi connectivity index (χ2v) is 18.5. The number of fused-ring (bicyclic) bond motifs is 10. The number of thiophene rings is 4. The maximum atomic E-state index is 14.5. The smallest absolute Gasteiger partial charge is 0.194 e. The fraction of sp³-hybridized carbons (Fsp3) is 0.136. The van der Waals surface area contributed by atoms with Gasteiger partial charge < -0.3 is 0 Å². The molecule has 1 fully saturated rings. The fourth-order valence-electron chi connectivity index (χ4n) is 8.91. The van der Waals surface area contributed by atoms with Crippen LogP contribution in [0, 0.1) is 68.6 Å². The van der Waals surface area contributed by atoms with Crippen LogP contribution in [0.3, 0.4) is 0 Å². The lowest BCUT2D eigenvalue weighted by molar-refractivity contribution is 0.103. The van der Waals surface area contributed by atoms with E-state index in [2.05, 4.69) is 6.08 Å². The third kappa shape index (κ3) is 4.87. The molecule has 0 atom stereocenters. The van der Waals surface area contributed by atoms with E-state index in [0.717, 1.165) is 101 Å². The van der Waals surface area contributed by atoms with Crippen LogP contribution < -0.4 is 0 Å². The molecule has 14 heteroatoms. The molecular formula is C44H18F4N4O2S4. The number of halogens is 4. The van der Waals surface area contributed by atoms with Gasteiger partial charge in [0, 0.05) is 53.3 Å². The van der Waals surface area contributed by atoms with E-state index in [9.17, 15) is 48.2 Å². The zero-order valence-corrected chi connectivity index (χ0v) is 32.7. The number of carbonyl (C=O) groups is 2. The molecule has 6 aromatic rings. The summed E-state index contributed by atoms with van der Waals surface area (Å²) < 4.78 is 63.8. The summed E-state index contributed by atoms with van der Waals surface area (Å²) in [5.74, 6) is -5.98. The fourth-order valence-corrected chi connectivity index (χ4v) is 14.9. The lowest BCUT2D eigenvalue weighted by atomic mass is 9.67. The second-order valence-electron chi connectivity index (χ2n) is 14.3.